The molecule has 0 N–H and O–H groups in total. The first-order chi connectivity index (χ1) is 25.7. The molecule has 4 fully saturated rings. The minimum atomic E-state index is -0.0736. The molecule has 2 aromatic carbocycles. The molecular formula is C48H61NO4. The van der Waals surface area contributed by atoms with Gasteiger partial charge >= 0.3 is 5.97 Å². The molecule has 5 heteroatoms. The Morgan fingerprint density at radius 2 is 1.72 bits per heavy atom. The molecule has 9 rings (SSSR count). The minimum Gasteiger partial charge on any atom is -0.465 e. The molecule has 2 aromatic rings. The van der Waals surface area contributed by atoms with Crippen LogP contribution in [-0.4, -0.2) is 54.1 Å². The Morgan fingerprint density at radius 3 is 2.51 bits per heavy atom. The number of unbranched alkanes of at least 4 members (excludes halogenated alkanes) is 4. The average molecular weight is 716 g/mol. The number of likely N-dealkylation sites (tertiary alicyclic amines) is 1. The maximum Gasteiger partial charge on any atom is 0.305 e. The summed E-state index contributed by atoms with van der Waals surface area (Å²) in [5.41, 5.74) is 10.0. The van der Waals surface area contributed by atoms with E-state index in [2.05, 4.69) is 80.3 Å². The van der Waals surface area contributed by atoms with E-state index in [1.165, 1.54) is 85.7 Å². The average Bonchev–Trinajstić information content (AvgIpc) is 3.83. The molecule has 1 unspecified atom stereocenters. The molecule has 0 radical (unpaired) electrons. The van der Waals surface area contributed by atoms with Gasteiger partial charge in [0.15, 0.2) is 0 Å². The Hall–Kier alpha value is -3.02. The summed E-state index contributed by atoms with van der Waals surface area (Å²) in [5, 5.41) is 0. The van der Waals surface area contributed by atoms with Crippen molar-refractivity contribution in [3.05, 3.63) is 82.5 Å². The van der Waals surface area contributed by atoms with Gasteiger partial charge in [0.1, 0.15) is 12.4 Å². The molecule has 5 nitrogen and oxygen atoms in total. The van der Waals surface area contributed by atoms with E-state index in [0.717, 1.165) is 44.6 Å². The van der Waals surface area contributed by atoms with Crippen molar-refractivity contribution in [1.29, 1.82) is 0 Å². The molecule has 282 valence electrons. The zero-order valence-corrected chi connectivity index (χ0v) is 32.5. The third kappa shape index (κ3) is 6.30. The predicted octanol–water partition coefficient (Wildman–Crippen LogP) is 10.4. The van der Waals surface area contributed by atoms with Crippen LogP contribution in [0.2, 0.25) is 0 Å². The lowest BCUT2D eigenvalue weighted by Gasteiger charge is -2.47. The number of nitrogens with zero attached hydrogens (tertiary/aromatic N) is 1. The Bertz CT molecular complexity index is 1760. The number of fused-ring (bicyclic) bond motifs is 9. The number of benzene rings is 2. The second-order valence-corrected chi connectivity index (χ2v) is 18.6. The zero-order valence-electron chi connectivity index (χ0n) is 32.5. The van der Waals surface area contributed by atoms with Crippen LogP contribution in [0.1, 0.15) is 134 Å². The summed E-state index contributed by atoms with van der Waals surface area (Å²) < 4.78 is 13.1. The van der Waals surface area contributed by atoms with Crippen molar-refractivity contribution < 1.29 is 19.1 Å². The van der Waals surface area contributed by atoms with Crippen molar-refractivity contribution >= 4 is 11.8 Å². The van der Waals surface area contributed by atoms with Crippen molar-refractivity contribution in [2.24, 2.45) is 29.1 Å². The summed E-state index contributed by atoms with van der Waals surface area (Å²) >= 11 is 0. The van der Waals surface area contributed by atoms with E-state index in [9.17, 15) is 9.59 Å². The van der Waals surface area contributed by atoms with Crippen molar-refractivity contribution in [3.63, 3.8) is 0 Å². The zero-order chi connectivity index (χ0) is 36.3. The molecule has 2 saturated carbocycles. The van der Waals surface area contributed by atoms with Gasteiger partial charge in [-0.1, -0.05) is 98.9 Å². The molecular weight excluding hydrogens is 655 g/mol. The molecule has 8 atom stereocenters. The van der Waals surface area contributed by atoms with Gasteiger partial charge in [0.2, 0.25) is 0 Å². The summed E-state index contributed by atoms with van der Waals surface area (Å²) in [6, 6.07) is 17.6. The van der Waals surface area contributed by atoms with Gasteiger partial charge in [-0.05, 0) is 128 Å². The van der Waals surface area contributed by atoms with E-state index in [1.54, 1.807) is 11.1 Å². The minimum absolute atomic E-state index is 0.0628. The van der Waals surface area contributed by atoms with E-state index in [-0.39, 0.29) is 22.9 Å². The number of ether oxygens (including phenoxy) is 2. The lowest BCUT2D eigenvalue weighted by Crippen LogP contribution is -2.49. The number of carbonyl (C=O) groups is 2. The summed E-state index contributed by atoms with van der Waals surface area (Å²) in [6.45, 7) is 10.1. The molecule has 2 heterocycles. The van der Waals surface area contributed by atoms with Crippen LogP contribution >= 0.6 is 0 Å². The van der Waals surface area contributed by atoms with Crippen LogP contribution in [0, 0.1) is 29.1 Å². The first-order valence-electron chi connectivity index (χ1n) is 21.4. The highest BCUT2D eigenvalue weighted by atomic mass is 16.5. The lowest BCUT2D eigenvalue weighted by molar-refractivity contribution is -0.144. The van der Waals surface area contributed by atoms with Crippen LogP contribution in [0.3, 0.4) is 0 Å². The number of rotatable bonds is 10. The van der Waals surface area contributed by atoms with Gasteiger partial charge in [-0.2, -0.15) is 0 Å². The highest BCUT2D eigenvalue weighted by molar-refractivity contribution is 5.83. The Labute approximate surface area is 318 Å². The van der Waals surface area contributed by atoms with E-state index in [0.29, 0.717) is 55.1 Å². The molecule has 0 aromatic heterocycles. The molecule has 53 heavy (non-hydrogen) atoms. The van der Waals surface area contributed by atoms with E-state index in [4.69, 9.17) is 9.47 Å². The summed E-state index contributed by atoms with van der Waals surface area (Å²) in [4.78, 5) is 27.9. The van der Waals surface area contributed by atoms with Crippen molar-refractivity contribution in [2.45, 2.75) is 141 Å². The maximum absolute atomic E-state index is 12.8. The highest BCUT2D eigenvalue weighted by Gasteiger charge is 2.58. The number of esters is 1. The number of carbonyl (C=O) groups excluding carboxylic acids is 2. The molecule has 7 aliphatic rings. The van der Waals surface area contributed by atoms with E-state index < -0.39 is 0 Å². The number of piperidine rings is 1. The normalized spacial score (nSPS) is 34.6. The SMILES string of the molecule is CC1=C2C[C@H]3[C@@H](CC=C4CC(=O)CC[C@@]43C)[C@@H]2CC[C@@]12CC1[C@@H](C[C@H](C)CN1CCCCCCCC(=O)OCC1c3ccccc3-c3ccccc31)O2. The summed E-state index contributed by atoms with van der Waals surface area (Å²) in [6.07, 6.45) is 18.7. The second-order valence-electron chi connectivity index (χ2n) is 18.6. The van der Waals surface area contributed by atoms with Crippen molar-refractivity contribution in [2.75, 3.05) is 19.7 Å². The number of hydrogen-bond acceptors (Lipinski definition) is 5. The van der Waals surface area contributed by atoms with Gasteiger partial charge in [-0.25, -0.2) is 0 Å². The molecule has 2 aliphatic heterocycles. The third-order valence-corrected chi connectivity index (χ3v) is 15.6. The Morgan fingerprint density at radius 1 is 0.981 bits per heavy atom. The van der Waals surface area contributed by atoms with Crippen LogP contribution in [-0.2, 0) is 19.1 Å². The van der Waals surface area contributed by atoms with Gasteiger partial charge in [-0.15, -0.1) is 0 Å². The highest BCUT2D eigenvalue weighted by Crippen LogP contribution is 2.64. The van der Waals surface area contributed by atoms with Crippen LogP contribution in [0.15, 0.2) is 71.3 Å². The third-order valence-electron chi connectivity index (χ3n) is 15.6. The summed E-state index contributed by atoms with van der Waals surface area (Å²) in [7, 11) is 0. The number of allylic oxidation sites excluding steroid dienone is 3. The first kappa shape index (κ1) is 35.7. The van der Waals surface area contributed by atoms with E-state index >= 15 is 0 Å². The standard InChI is InChI=1S/C48H61NO4/c1-31-25-45-44(28-48(53-45)23-21-39-40-19-18-33-26-34(50)20-22-47(33,3)43(40)27-41(39)32(48)2)49(29-31)24-12-6-4-5-7-17-46(51)52-30-42-37-15-10-8-13-35(37)36-14-9-11-16-38(36)42/h8-11,13-16,18,31,39-40,42-45H,4-7,12,17,19-30H2,1-3H3/t31-,39-,40-,43-,44?,45+,47-,48+/m0/s1. The topological polar surface area (TPSA) is 55.8 Å². The number of hydrogen-bond donors (Lipinski definition) is 0. The Balaban J connectivity index is 0.745. The fourth-order valence-corrected chi connectivity index (χ4v) is 12.8. The van der Waals surface area contributed by atoms with Gasteiger partial charge in [-0.3, -0.25) is 14.5 Å². The van der Waals surface area contributed by atoms with Gasteiger partial charge in [0, 0.05) is 37.8 Å². The largest absolute Gasteiger partial charge is 0.465 e. The lowest BCUT2D eigenvalue weighted by atomic mass is 9.57. The van der Waals surface area contributed by atoms with Gasteiger partial charge < -0.3 is 9.47 Å². The molecule has 5 aliphatic carbocycles. The maximum atomic E-state index is 12.8. The molecule has 0 amide bonds. The Kier molecular flexibility index (Phi) is 9.58. The van der Waals surface area contributed by atoms with Crippen LogP contribution < -0.4 is 0 Å². The van der Waals surface area contributed by atoms with Crippen LogP contribution in [0.5, 0.6) is 0 Å². The van der Waals surface area contributed by atoms with E-state index in [1.807, 2.05) is 0 Å². The first-order valence-corrected chi connectivity index (χ1v) is 21.4. The molecule has 0 bridgehead atoms. The predicted molar refractivity (Wildman–Crippen MR) is 210 cm³/mol. The van der Waals surface area contributed by atoms with Crippen molar-refractivity contribution in [3.8, 4) is 11.1 Å². The van der Waals surface area contributed by atoms with Crippen LogP contribution in [0.25, 0.3) is 11.1 Å². The van der Waals surface area contributed by atoms with Crippen LogP contribution in [0.4, 0.5) is 0 Å². The second kappa shape index (κ2) is 14.2. The quantitative estimate of drug-likeness (QED) is 0.139. The summed E-state index contributed by atoms with van der Waals surface area (Å²) in [5.74, 6) is 3.34. The number of ketones is 1. The number of Topliss-reactive ketones (excluding diaryl/α,β-unsaturated/α-hetero) is 1. The smallest absolute Gasteiger partial charge is 0.305 e. The van der Waals surface area contributed by atoms with Crippen molar-refractivity contribution in [1.82, 2.24) is 4.90 Å². The molecule has 1 spiro atoms. The van der Waals surface area contributed by atoms with Gasteiger partial charge in [0.25, 0.3) is 0 Å². The van der Waals surface area contributed by atoms with Gasteiger partial charge in [0.05, 0.1) is 11.7 Å². The fourth-order valence-electron chi connectivity index (χ4n) is 12.8. The molecule has 2 saturated heterocycles. The fraction of sp³-hybridized carbons (Fsp3) is 0.625. The monoisotopic (exact) mass is 715 g/mol.